The van der Waals surface area contributed by atoms with Gasteiger partial charge in [-0.05, 0) is 64.1 Å². The van der Waals surface area contributed by atoms with Crippen molar-refractivity contribution in [2.75, 3.05) is 27.2 Å². The molecule has 0 saturated carbocycles. The third-order valence-corrected chi connectivity index (χ3v) is 6.76. The van der Waals surface area contributed by atoms with Crippen LogP contribution in [-0.4, -0.2) is 43.9 Å². The van der Waals surface area contributed by atoms with Crippen molar-refractivity contribution in [1.82, 2.24) is 4.90 Å². The van der Waals surface area contributed by atoms with E-state index in [9.17, 15) is 9.59 Å². The van der Waals surface area contributed by atoms with Gasteiger partial charge in [-0.3, -0.25) is 9.59 Å². The maximum absolute atomic E-state index is 13.1. The molecule has 1 aliphatic rings. The van der Waals surface area contributed by atoms with Gasteiger partial charge >= 0.3 is 5.97 Å². The number of benzene rings is 1. The van der Waals surface area contributed by atoms with Crippen molar-refractivity contribution in [3.05, 3.63) is 62.9 Å². The van der Waals surface area contributed by atoms with E-state index in [1.165, 1.54) is 11.3 Å². The molecule has 0 unspecified atom stereocenters. The van der Waals surface area contributed by atoms with E-state index in [1.807, 2.05) is 45.0 Å². The fourth-order valence-electron chi connectivity index (χ4n) is 3.54. The molecule has 0 saturated heterocycles. The summed E-state index contributed by atoms with van der Waals surface area (Å²) < 4.78 is 5.28. The first-order valence-corrected chi connectivity index (χ1v) is 10.9. The molecule has 0 radical (unpaired) electrons. The molecule has 154 valence electrons. The van der Waals surface area contributed by atoms with Crippen LogP contribution in [0.15, 0.2) is 36.4 Å². The molecule has 0 spiro atoms. The molecule has 1 aromatic heterocycles. The Kier molecular flexibility index (Phi) is 6.39. The van der Waals surface area contributed by atoms with Gasteiger partial charge in [-0.25, -0.2) is 0 Å². The number of ketones is 1. The highest BCUT2D eigenvalue weighted by atomic mass is 32.1. The summed E-state index contributed by atoms with van der Waals surface area (Å²) in [4.78, 5) is 29.4. The Morgan fingerprint density at radius 2 is 1.97 bits per heavy atom. The van der Waals surface area contributed by atoms with Crippen LogP contribution in [0.4, 0.5) is 0 Å². The average Bonchev–Trinajstić information content (AvgIpc) is 3.08. The lowest BCUT2D eigenvalue weighted by Gasteiger charge is -2.20. The van der Waals surface area contributed by atoms with Crippen molar-refractivity contribution >= 4 is 28.7 Å². The Morgan fingerprint density at radius 1 is 1.24 bits per heavy atom. The standard InChI is InChI=1S/C24H29NO3S/c1-6-28-23(27)24(2,3)21-15-19-18(12-9-13-25(4)5)17-11-8-7-10-16(17)14-20(26)22(19)29-21/h7-8,10-12,15H,6,9,13-14H2,1-5H3/b18-12+. The zero-order valence-corrected chi connectivity index (χ0v) is 18.7. The summed E-state index contributed by atoms with van der Waals surface area (Å²) >= 11 is 1.43. The summed E-state index contributed by atoms with van der Waals surface area (Å²) in [6, 6.07) is 10.2. The largest absolute Gasteiger partial charge is 0.465 e. The van der Waals surface area contributed by atoms with Gasteiger partial charge in [0.2, 0.25) is 0 Å². The molecule has 1 heterocycles. The number of ether oxygens (including phenoxy) is 1. The first-order valence-electron chi connectivity index (χ1n) is 10.0. The van der Waals surface area contributed by atoms with E-state index in [0.717, 1.165) is 45.0 Å². The second-order valence-corrected chi connectivity index (χ2v) is 9.22. The lowest BCUT2D eigenvalue weighted by molar-refractivity contribution is -0.148. The Morgan fingerprint density at radius 3 is 2.66 bits per heavy atom. The topological polar surface area (TPSA) is 46.6 Å². The van der Waals surface area contributed by atoms with Crippen LogP contribution < -0.4 is 0 Å². The van der Waals surface area contributed by atoms with E-state index in [2.05, 4.69) is 31.1 Å². The van der Waals surface area contributed by atoms with E-state index >= 15 is 0 Å². The molecular formula is C24H29NO3S. The highest BCUT2D eigenvalue weighted by Crippen LogP contribution is 2.42. The number of nitrogens with zero attached hydrogens (tertiary/aromatic N) is 1. The number of hydrogen-bond donors (Lipinski definition) is 0. The van der Waals surface area contributed by atoms with E-state index in [1.54, 1.807) is 0 Å². The average molecular weight is 412 g/mol. The summed E-state index contributed by atoms with van der Waals surface area (Å²) in [6.45, 7) is 6.81. The smallest absolute Gasteiger partial charge is 0.316 e. The third-order valence-electron chi connectivity index (χ3n) is 5.26. The van der Waals surface area contributed by atoms with Gasteiger partial charge in [-0.2, -0.15) is 0 Å². The quantitative estimate of drug-likeness (QED) is 0.646. The lowest BCUT2D eigenvalue weighted by atomic mass is 9.89. The van der Waals surface area contributed by atoms with Crippen molar-refractivity contribution in [2.24, 2.45) is 0 Å². The van der Waals surface area contributed by atoms with Crippen LogP contribution in [0, 0.1) is 0 Å². The summed E-state index contributed by atoms with van der Waals surface area (Å²) in [5.74, 6) is -0.151. The third kappa shape index (κ3) is 4.36. The van der Waals surface area contributed by atoms with Gasteiger partial charge in [0.15, 0.2) is 5.78 Å². The molecule has 0 fully saturated rings. The molecule has 2 aromatic rings. The van der Waals surface area contributed by atoms with Gasteiger partial charge in [0, 0.05) is 23.4 Å². The van der Waals surface area contributed by atoms with Crippen LogP contribution in [0.2, 0.25) is 0 Å². The second-order valence-electron chi connectivity index (χ2n) is 8.17. The van der Waals surface area contributed by atoms with Crippen molar-refractivity contribution < 1.29 is 14.3 Å². The van der Waals surface area contributed by atoms with Gasteiger partial charge in [-0.15, -0.1) is 11.3 Å². The van der Waals surface area contributed by atoms with Gasteiger partial charge in [-0.1, -0.05) is 30.3 Å². The number of rotatable bonds is 6. The number of Topliss-reactive ketones (excluding diaryl/α,β-unsaturated/α-hetero) is 1. The maximum atomic E-state index is 13.1. The molecule has 29 heavy (non-hydrogen) atoms. The zero-order valence-electron chi connectivity index (χ0n) is 17.9. The molecule has 0 bridgehead atoms. The zero-order chi connectivity index (χ0) is 21.2. The van der Waals surface area contributed by atoms with E-state index in [4.69, 9.17) is 4.74 Å². The predicted molar refractivity (Wildman–Crippen MR) is 119 cm³/mol. The fraction of sp³-hybridized carbons (Fsp3) is 0.417. The molecule has 5 heteroatoms. The molecule has 0 amide bonds. The van der Waals surface area contributed by atoms with Crippen LogP contribution in [0.3, 0.4) is 0 Å². The second kappa shape index (κ2) is 8.64. The van der Waals surface area contributed by atoms with Crippen LogP contribution in [-0.2, 0) is 21.4 Å². The van der Waals surface area contributed by atoms with Crippen LogP contribution >= 0.6 is 11.3 Å². The maximum Gasteiger partial charge on any atom is 0.316 e. The minimum atomic E-state index is -0.790. The Labute approximate surface area is 177 Å². The Hall–Kier alpha value is -2.24. The molecule has 3 rings (SSSR count). The van der Waals surface area contributed by atoms with Crippen LogP contribution in [0.5, 0.6) is 0 Å². The van der Waals surface area contributed by atoms with Crippen molar-refractivity contribution in [3.63, 3.8) is 0 Å². The number of thiophene rings is 1. The fourth-order valence-corrected chi connectivity index (χ4v) is 4.74. The molecule has 1 aromatic carbocycles. The summed E-state index contributed by atoms with van der Waals surface area (Å²) in [7, 11) is 4.11. The lowest BCUT2D eigenvalue weighted by Crippen LogP contribution is -2.30. The van der Waals surface area contributed by atoms with Crippen molar-refractivity contribution in [1.29, 1.82) is 0 Å². The molecule has 0 atom stereocenters. The number of fused-ring (bicyclic) bond motifs is 2. The first-order chi connectivity index (χ1) is 13.8. The number of hydrogen-bond acceptors (Lipinski definition) is 5. The van der Waals surface area contributed by atoms with E-state index in [0.29, 0.717) is 13.0 Å². The van der Waals surface area contributed by atoms with Crippen molar-refractivity contribution in [3.8, 4) is 0 Å². The molecule has 0 N–H and O–H groups in total. The number of carbonyl (C=O) groups excluding carboxylic acids is 2. The summed E-state index contributed by atoms with van der Waals surface area (Å²) in [5, 5.41) is 0. The Bertz CT molecular complexity index is 953. The van der Waals surface area contributed by atoms with Gasteiger partial charge in [0.1, 0.15) is 0 Å². The van der Waals surface area contributed by atoms with Gasteiger partial charge in [0.25, 0.3) is 0 Å². The predicted octanol–water partition coefficient (Wildman–Crippen LogP) is 4.71. The number of esters is 1. The van der Waals surface area contributed by atoms with Gasteiger partial charge in [0.05, 0.1) is 16.9 Å². The highest BCUT2D eigenvalue weighted by Gasteiger charge is 2.36. The van der Waals surface area contributed by atoms with Crippen molar-refractivity contribution in [2.45, 2.75) is 39.0 Å². The minimum Gasteiger partial charge on any atom is -0.465 e. The van der Waals surface area contributed by atoms with Crippen LogP contribution in [0.25, 0.3) is 5.57 Å². The monoisotopic (exact) mass is 411 g/mol. The summed E-state index contributed by atoms with van der Waals surface area (Å²) in [5.41, 5.74) is 3.41. The summed E-state index contributed by atoms with van der Waals surface area (Å²) in [6.07, 6.45) is 3.49. The molecule has 1 aliphatic carbocycles. The van der Waals surface area contributed by atoms with Crippen LogP contribution in [0.1, 0.15) is 58.4 Å². The SMILES string of the molecule is CCOC(=O)C(C)(C)c1cc2c(s1)C(=O)Cc1ccccc1/C2=C\CCN(C)C. The first kappa shape index (κ1) is 21.5. The molecule has 0 aliphatic heterocycles. The minimum absolute atomic E-state index is 0.111. The van der Waals surface area contributed by atoms with E-state index < -0.39 is 5.41 Å². The Balaban J connectivity index is 2.13. The number of carbonyl (C=O) groups is 2. The molecular weight excluding hydrogens is 382 g/mol. The van der Waals surface area contributed by atoms with E-state index in [-0.39, 0.29) is 11.8 Å². The van der Waals surface area contributed by atoms with Gasteiger partial charge < -0.3 is 9.64 Å². The highest BCUT2D eigenvalue weighted by molar-refractivity contribution is 7.14. The normalized spacial score (nSPS) is 15.2. The molecule has 4 nitrogen and oxygen atoms in total.